The average molecular weight is 384 g/mol. The van der Waals surface area contributed by atoms with Crippen LogP contribution in [-0.2, 0) is 11.3 Å². The summed E-state index contributed by atoms with van der Waals surface area (Å²) in [6, 6.07) is 4.75. The van der Waals surface area contributed by atoms with E-state index in [9.17, 15) is 4.79 Å². The first kappa shape index (κ1) is 18.2. The van der Waals surface area contributed by atoms with Crippen LogP contribution in [-0.4, -0.2) is 48.4 Å². The van der Waals surface area contributed by atoms with Crippen molar-refractivity contribution < 1.29 is 4.79 Å². The van der Waals surface area contributed by atoms with Gasteiger partial charge >= 0.3 is 0 Å². The van der Waals surface area contributed by atoms with Crippen molar-refractivity contribution >= 4 is 17.7 Å². The van der Waals surface area contributed by atoms with Gasteiger partial charge in [-0.1, -0.05) is 30.7 Å². The third-order valence-electron chi connectivity index (χ3n) is 5.24. The molecule has 0 N–H and O–H groups in total. The summed E-state index contributed by atoms with van der Waals surface area (Å²) in [4.78, 5) is 19.2. The summed E-state index contributed by atoms with van der Waals surface area (Å²) in [5.74, 6) is 1.44. The maximum Gasteiger partial charge on any atom is 0.233 e. The molecule has 2 saturated carbocycles. The standard InChI is InChI=1S/C20H25N5OS/c1-2-13-24-19(15-9-11-21-12-10-15)22-23-20(24)27-14-18(26)25(17-7-8-17)16-5-3-4-6-16/h2,9-12,16-17H,1,3-8,13-14H2. The molecule has 0 aliphatic heterocycles. The van der Waals surface area contributed by atoms with Crippen LogP contribution in [0.15, 0.2) is 42.3 Å². The lowest BCUT2D eigenvalue weighted by molar-refractivity contribution is -0.131. The lowest BCUT2D eigenvalue weighted by Crippen LogP contribution is -2.41. The molecule has 2 aromatic heterocycles. The van der Waals surface area contributed by atoms with Gasteiger partial charge in [0.05, 0.1) is 5.75 Å². The second kappa shape index (κ2) is 8.25. The van der Waals surface area contributed by atoms with Gasteiger partial charge in [0.2, 0.25) is 5.91 Å². The van der Waals surface area contributed by atoms with E-state index in [1.54, 1.807) is 12.4 Å². The monoisotopic (exact) mass is 383 g/mol. The highest BCUT2D eigenvalue weighted by molar-refractivity contribution is 7.99. The van der Waals surface area contributed by atoms with E-state index in [0.29, 0.717) is 24.4 Å². The molecule has 2 fully saturated rings. The van der Waals surface area contributed by atoms with Crippen LogP contribution in [0.2, 0.25) is 0 Å². The highest BCUT2D eigenvalue weighted by Crippen LogP contribution is 2.35. The van der Waals surface area contributed by atoms with E-state index >= 15 is 0 Å². The van der Waals surface area contributed by atoms with Crippen molar-refractivity contribution in [2.45, 2.75) is 62.3 Å². The van der Waals surface area contributed by atoms with Crippen LogP contribution >= 0.6 is 11.8 Å². The Morgan fingerprint density at radius 1 is 1.19 bits per heavy atom. The third kappa shape index (κ3) is 4.08. The Balaban J connectivity index is 1.48. The van der Waals surface area contributed by atoms with E-state index in [4.69, 9.17) is 0 Å². The van der Waals surface area contributed by atoms with Gasteiger partial charge in [0.25, 0.3) is 0 Å². The molecular formula is C20H25N5OS. The summed E-state index contributed by atoms with van der Waals surface area (Å²) in [5, 5.41) is 9.44. The summed E-state index contributed by atoms with van der Waals surface area (Å²) in [7, 11) is 0. The fourth-order valence-electron chi connectivity index (χ4n) is 3.85. The molecule has 6 nitrogen and oxygen atoms in total. The predicted molar refractivity (Wildman–Crippen MR) is 106 cm³/mol. The van der Waals surface area contributed by atoms with Crippen LogP contribution in [0.5, 0.6) is 0 Å². The molecule has 2 heterocycles. The minimum absolute atomic E-state index is 0.244. The number of aromatic nitrogens is 4. The number of rotatable bonds is 8. The molecule has 0 bridgehead atoms. The van der Waals surface area contributed by atoms with Gasteiger partial charge in [-0.05, 0) is 37.8 Å². The maximum atomic E-state index is 13.0. The second-order valence-electron chi connectivity index (χ2n) is 7.20. The summed E-state index contributed by atoms with van der Waals surface area (Å²) in [6.45, 7) is 4.45. The van der Waals surface area contributed by atoms with E-state index in [0.717, 1.165) is 42.2 Å². The summed E-state index contributed by atoms with van der Waals surface area (Å²) in [5.41, 5.74) is 0.961. The van der Waals surface area contributed by atoms with Crippen LogP contribution in [0.1, 0.15) is 38.5 Å². The smallest absolute Gasteiger partial charge is 0.233 e. The molecule has 4 rings (SSSR count). The Hall–Kier alpha value is -2.15. The van der Waals surface area contributed by atoms with Crippen molar-refractivity contribution in [3.8, 4) is 11.4 Å². The van der Waals surface area contributed by atoms with Crippen molar-refractivity contribution in [1.82, 2.24) is 24.6 Å². The largest absolute Gasteiger partial charge is 0.336 e. The molecule has 2 aliphatic rings. The number of carbonyl (C=O) groups excluding carboxylic acids is 1. The topological polar surface area (TPSA) is 63.9 Å². The zero-order chi connectivity index (χ0) is 18.6. The van der Waals surface area contributed by atoms with Crippen LogP contribution < -0.4 is 0 Å². The molecule has 0 unspecified atom stereocenters. The van der Waals surface area contributed by atoms with Gasteiger partial charge in [-0.3, -0.25) is 14.3 Å². The van der Waals surface area contributed by atoms with Gasteiger partial charge in [-0.25, -0.2) is 0 Å². The molecule has 142 valence electrons. The number of pyridine rings is 1. The Kier molecular flexibility index (Phi) is 5.57. The highest BCUT2D eigenvalue weighted by Gasteiger charge is 2.38. The number of thioether (sulfide) groups is 1. The number of allylic oxidation sites excluding steroid dienone is 1. The molecule has 7 heteroatoms. The fraction of sp³-hybridized carbons (Fsp3) is 0.500. The SMILES string of the molecule is C=CCn1c(SCC(=O)N(C2CCCC2)C2CC2)nnc1-c1ccncc1. The first-order valence-corrected chi connectivity index (χ1v) is 10.6. The van der Waals surface area contributed by atoms with E-state index in [1.807, 2.05) is 22.8 Å². The van der Waals surface area contributed by atoms with Gasteiger partial charge in [0.1, 0.15) is 0 Å². The number of amides is 1. The van der Waals surface area contributed by atoms with Crippen LogP contribution in [0.25, 0.3) is 11.4 Å². The van der Waals surface area contributed by atoms with Crippen LogP contribution in [0, 0.1) is 0 Å². The zero-order valence-corrected chi connectivity index (χ0v) is 16.3. The first-order chi connectivity index (χ1) is 13.3. The molecule has 0 radical (unpaired) electrons. The zero-order valence-electron chi connectivity index (χ0n) is 15.5. The van der Waals surface area contributed by atoms with Crippen molar-refractivity contribution in [2.24, 2.45) is 0 Å². The van der Waals surface area contributed by atoms with Crippen molar-refractivity contribution in [1.29, 1.82) is 0 Å². The van der Waals surface area contributed by atoms with Gasteiger partial charge < -0.3 is 4.90 Å². The maximum absolute atomic E-state index is 13.0. The van der Waals surface area contributed by atoms with E-state index in [-0.39, 0.29) is 5.91 Å². The molecule has 2 aromatic rings. The minimum Gasteiger partial charge on any atom is -0.336 e. The molecule has 0 aromatic carbocycles. The molecule has 0 spiro atoms. The van der Waals surface area contributed by atoms with Crippen molar-refractivity contribution in [3.63, 3.8) is 0 Å². The van der Waals surface area contributed by atoms with Crippen LogP contribution in [0.3, 0.4) is 0 Å². The number of hydrogen-bond donors (Lipinski definition) is 0. The highest BCUT2D eigenvalue weighted by atomic mass is 32.2. The lowest BCUT2D eigenvalue weighted by Gasteiger charge is -2.29. The number of nitrogens with zero attached hydrogens (tertiary/aromatic N) is 5. The first-order valence-electron chi connectivity index (χ1n) is 9.66. The quantitative estimate of drug-likeness (QED) is 0.515. The number of carbonyl (C=O) groups is 1. The Morgan fingerprint density at radius 3 is 2.56 bits per heavy atom. The van der Waals surface area contributed by atoms with Crippen molar-refractivity contribution in [3.05, 3.63) is 37.2 Å². The van der Waals surface area contributed by atoms with E-state index in [2.05, 4.69) is 26.7 Å². The number of hydrogen-bond acceptors (Lipinski definition) is 5. The van der Waals surface area contributed by atoms with Gasteiger partial charge in [-0.15, -0.1) is 16.8 Å². The molecule has 0 saturated heterocycles. The lowest BCUT2D eigenvalue weighted by atomic mass is 10.2. The van der Waals surface area contributed by atoms with E-state index in [1.165, 1.54) is 24.6 Å². The second-order valence-corrected chi connectivity index (χ2v) is 8.14. The third-order valence-corrected chi connectivity index (χ3v) is 6.19. The Labute approximate surface area is 164 Å². The molecule has 27 heavy (non-hydrogen) atoms. The summed E-state index contributed by atoms with van der Waals surface area (Å²) >= 11 is 1.48. The molecule has 1 amide bonds. The Morgan fingerprint density at radius 2 is 1.89 bits per heavy atom. The summed E-state index contributed by atoms with van der Waals surface area (Å²) < 4.78 is 2.01. The van der Waals surface area contributed by atoms with Gasteiger partial charge in [0.15, 0.2) is 11.0 Å². The van der Waals surface area contributed by atoms with Crippen molar-refractivity contribution in [2.75, 3.05) is 5.75 Å². The van der Waals surface area contributed by atoms with Crippen LogP contribution in [0.4, 0.5) is 0 Å². The predicted octanol–water partition coefficient (Wildman–Crippen LogP) is 3.55. The minimum atomic E-state index is 0.244. The molecule has 2 aliphatic carbocycles. The normalized spacial score (nSPS) is 17.2. The van der Waals surface area contributed by atoms with Gasteiger partial charge in [-0.2, -0.15) is 0 Å². The fourth-order valence-corrected chi connectivity index (χ4v) is 4.66. The molecule has 0 atom stereocenters. The van der Waals surface area contributed by atoms with E-state index < -0.39 is 0 Å². The summed E-state index contributed by atoms with van der Waals surface area (Å²) in [6.07, 6.45) is 12.4. The molecular weight excluding hydrogens is 358 g/mol. The average Bonchev–Trinajstić information content (AvgIpc) is 3.21. The Bertz CT molecular complexity index is 796. The van der Waals surface area contributed by atoms with Gasteiger partial charge in [0, 0.05) is 36.6 Å².